The van der Waals surface area contributed by atoms with Crippen molar-refractivity contribution in [1.29, 1.82) is 0 Å². The van der Waals surface area contributed by atoms with Crippen LogP contribution in [0.2, 0.25) is 0 Å². The van der Waals surface area contributed by atoms with E-state index in [1.807, 2.05) is 5.51 Å². The second-order valence-corrected chi connectivity index (χ2v) is 6.09. The molecule has 0 saturated carbocycles. The van der Waals surface area contributed by atoms with Gasteiger partial charge in [0, 0.05) is 37.1 Å². The van der Waals surface area contributed by atoms with Crippen molar-refractivity contribution in [3.8, 4) is 0 Å². The molecule has 0 spiro atoms. The van der Waals surface area contributed by atoms with Crippen LogP contribution < -0.4 is 5.32 Å². The van der Waals surface area contributed by atoms with Crippen LogP contribution in [0.5, 0.6) is 0 Å². The minimum atomic E-state index is 0.636. The fourth-order valence-corrected chi connectivity index (χ4v) is 3.22. The van der Waals surface area contributed by atoms with Gasteiger partial charge in [-0.05, 0) is 12.3 Å². The molecular weight excluding hydrogens is 242 g/mol. The highest BCUT2D eigenvalue weighted by molar-refractivity contribution is 7.07. The molecule has 4 heteroatoms. The van der Waals surface area contributed by atoms with Crippen molar-refractivity contribution in [2.45, 2.75) is 52.2 Å². The van der Waals surface area contributed by atoms with Crippen LogP contribution in [0, 0.1) is 5.92 Å². The number of hydrogen-bond donors (Lipinski definition) is 1. The number of rotatable bonds is 5. The van der Waals surface area contributed by atoms with Gasteiger partial charge >= 0.3 is 0 Å². The van der Waals surface area contributed by atoms with E-state index in [0.29, 0.717) is 12.1 Å². The average Bonchev–Trinajstić information content (AvgIpc) is 2.90. The third kappa shape index (κ3) is 3.31. The van der Waals surface area contributed by atoms with Gasteiger partial charge in [0.1, 0.15) is 0 Å². The van der Waals surface area contributed by atoms with Crippen LogP contribution >= 0.6 is 11.3 Å². The molecule has 1 aromatic rings. The standard InChI is InChI=1S/C14H25N3S/c1-4-11(3)14-8-17(13(5-2)6-15-14)7-12-9-18-10-16-12/h9-11,13-15H,4-8H2,1-3H3. The van der Waals surface area contributed by atoms with E-state index in [1.165, 1.54) is 18.5 Å². The Morgan fingerprint density at radius 2 is 2.39 bits per heavy atom. The van der Waals surface area contributed by atoms with Crippen molar-refractivity contribution in [1.82, 2.24) is 15.2 Å². The quantitative estimate of drug-likeness (QED) is 0.889. The summed E-state index contributed by atoms with van der Waals surface area (Å²) in [6.07, 6.45) is 2.46. The van der Waals surface area contributed by atoms with Crippen LogP contribution in [0.15, 0.2) is 10.9 Å². The number of aromatic nitrogens is 1. The molecule has 18 heavy (non-hydrogen) atoms. The summed E-state index contributed by atoms with van der Waals surface area (Å²) in [5.41, 5.74) is 3.16. The third-order valence-electron chi connectivity index (χ3n) is 4.21. The Kier molecular flexibility index (Phi) is 5.15. The van der Waals surface area contributed by atoms with Gasteiger partial charge in [0.05, 0.1) is 11.2 Å². The topological polar surface area (TPSA) is 28.2 Å². The van der Waals surface area contributed by atoms with Crippen LogP contribution in [-0.2, 0) is 6.54 Å². The van der Waals surface area contributed by atoms with E-state index in [1.54, 1.807) is 11.3 Å². The Bertz CT molecular complexity index is 339. The van der Waals surface area contributed by atoms with Gasteiger partial charge < -0.3 is 5.32 Å². The van der Waals surface area contributed by atoms with Crippen LogP contribution in [-0.4, -0.2) is 35.1 Å². The smallest absolute Gasteiger partial charge is 0.0795 e. The normalized spacial score (nSPS) is 27.3. The highest BCUT2D eigenvalue weighted by Crippen LogP contribution is 2.19. The lowest BCUT2D eigenvalue weighted by molar-refractivity contribution is 0.0983. The molecule has 1 aliphatic heterocycles. The fraction of sp³-hybridized carbons (Fsp3) is 0.786. The van der Waals surface area contributed by atoms with Gasteiger partial charge in [-0.1, -0.05) is 27.2 Å². The first kappa shape index (κ1) is 14.0. The molecule has 2 heterocycles. The van der Waals surface area contributed by atoms with E-state index >= 15 is 0 Å². The number of nitrogens with zero attached hydrogens (tertiary/aromatic N) is 2. The molecule has 1 saturated heterocycles. The van der Waals surface area contributed by atoms with Crippen molar-refractivity contribution >= 4 is 11.3 Å². The first-order chi connectivity index (χ1) is 8.74. The van der Waals surface area contributed by atoms with Gasteiger partial charge in [0.25, 0.3) is 0 Å². The van der Waals surface area contributed by atoms with Crippen LogP contribution in [0.3, 0.4) is 0 Å². The van der Waals surface area contributed by atoms with Crippen LogP contribution in [0.25, 0.3) is 0 Å². The first-order valence-corrected chi connectivity index (χ1v) is 8.03. The van der Waals surface area contributed by atoms with Gasteiger partial charge in [-0.25, -0.2) is 4.98 Å². The highest BCUT2D eigenvalue weighted by atomic mass is 32.1. The van der Waals surface area contributed by atoms with Gasteiger partial charge in [-0.3, -0.25) is 4.90 Å². The minimum absolute atomic E-state index is 0.636. The minimum Gasteiger partial charge on any atom is -0.311 e. The molecule has 3 unspecified atom stereocenters. The number of nitrogens with one attached hydrogen (secondary N) is 1. The second-order valence-electron chi connectivity index (χ2n) is 5.37. The highest BCUT2D eigenvalue weighted by Gasteiger charge is 2.29. The molecule has 102 valence electrons. The first-order valence-electron chi connectivity index (χ1n) is 7.09. The van der Waals surface area contributed by atoms with Crippen LogP contribution in [0.1, 0.15) is 39.3 Å². The lowest BCUT2D eigenvalue weighted by Crippen LogP contribution is -2.57. The maximum Gasteiger partial charge on any atom is 0.0795 e. The molecule has 0 aromatic carbocycles. The summed E-state index contributed by atoms with van der Waals surface area (Å²) >= 11 is 1.70. The lowest BCUT2D eigenvalue weighted by Gasteiger charge is -2.41. The third-order valence-corrected chi connectivity index (χ3v) is 4.85. The van der Waals surface area contributed by atoms with E-state index in [4.69, 9.17) is 0 Å². The van der Waals surface area contributed by atoms with Crippen LogP contribution in [0.4, 0.5) is 0 Å². The number of hydrogen-bond acceptors (Lipinski definition) is 4. The molecule has 1 aliphatic rings. The van der Waals surface area contributed by atoms with E-state index in [0.717, 1.165) is 25.6 Å². The predicted octanol–water partition coefficient (Wildman–Crippen LogP) is 2.74. The van der Waals surface area contributed by atoms with Crippen molar-refractivity contribution in [2.24, 2.45) is 5.92 Å². The summed E-state index contributed by atoms with van der Waals surface area (Å²) in [4.78, 5) is 7.04. The maximum atomic E-state index is 4.43. The van der Waals surface area contributed by atoms with Gasteiger partial charge in [0.2, 0.25) is 0 Å². The summed E-state index contributed by atoms with van der Waals surface area (Å²) in [6, 6.07) is 1.29. The molecule has 1 aromatic heterocycles. The zero-order valence-corrected chi connectivity index (χ0v) is 12.5. The molecule has 2 rings (SSSR count). The lowest BCUT2D eigenvalue weighted by atomic mass is 9.95. The van der Waals surface area contributed by atoms with Gasteiger partial charge in [-0.15, -0.1) is 11.3 Å². The second kappa shape index (κ2) is 6.64. The average molecular weight is 267 g/mol. The zero-order valence-electron chi connectivity index (χ0n) is 11.7. The van der Waals surface area contributed by atoms with E-state index in [9.17, 15) is 0 Å². The Morgan fingerprint density at radius 1 is 1.56 bits per heavy atom. The Labute approximate surface area is 115 Å². The predicted molar refractivity (Wildman–Crippen MR) is 77.8 cm³/mol. The summed E-state index contributed by atoms with van der Waals surface area (Å²) < 4.78 is 0. The van der Waals surface area contributed by atoms with Crippen molar-refractivity contribution in [2.75, 3.05) is 13.1 Å². The molecule has 1 fully saturated rings. The number of thiazole rings is 1. The summed E-state index contributed by atoms with van der Waals surface area (Å²) in [7, 11) is 0. The van der Waals surface area contributed by atoms with Crippen molar-refractivity contribution in [3.63, 3.8) is 0 Å². The van der Waals surface area contributed by atoms with Crippen molar-refractivity contribution in [3.05, 3.63) is 16.6 Å². The summed E-state index contributed by atoms with van der Waals surface area (Å²) in [5.74, 6) is 0.751. The van der Waals surface area contributed by atoms with Gasteiger partial charge in [-0.2, -0.15) is 0 Å². The molecule has 3 atom stereocenters. The van der Waals surface area contributed by atoms with Crippen molar-refractivity contribution < 1.29 is 0 Å². The van der Waals surface area contributed by atoms with Gasteiger partial charge in [0.15, 0.2) is 0 Å². The molecule has 0 bridgehead atoms. The Balaban J connectivity index is 1.99. The summed E-state index contributed by atoms with van der Waals surface area (Å²) in [6.45, 7) is 10.2. The summed E-state index contributed by atoms with van der Waals surface area (Å²) in [5, 5.41) is 5.89. The molecule has 0 aliphatic carbocycles. The molecule has 3 nitrogen and oxygen atoms in total. The molecular formula is C14H25N3S. The largest absolute Gasteiger partial charge is 0.311 e. The van der Waals surface area contributed by atoms with E-state index < -0.39 is 0 Å². The molecule has 0 radical (unpaired) electrons. The molecule has 1 N–H and O–H groups in total. The monoisotopic (exact) mass is 267 g/mol. The SMILES string of the molecule is CCC(C)C1CN(Cc2cscn2)C(CC)CN1. The zero-order chi connectivity index (χ0) is 13.0. The van der Waals surface area contributed by atoms with E-state index in [-0.39, 0.29) is 0 Å². The Hall–Kier alpha value is -0.450. The number of piperazine rings is 1. The fourth-order valence-electron chi connectivity index (χ4n) is 2.67. The van der Waals surface area contributed by atoms with E-state index in [2.05, 4.69) is 41.4 Å². The molecule has 0 amide bonds. The Morgan fingerprint density at radius 3 is 3.00 bits per heavy atom. The maximum absolute atomic E-state index is 4.43.